The van der Waals surface area contributed by atoms with Crippen LogP contribution in [-0.2, 0) is 14.3 Å². The van der Waals surface area contributed by atoms with Crippen molar-refractivity contribution in [3.05, 3.63) is 23.2 Å². The molecule has 0 radical (unpaired) electrons. The van der Waals surface area contributed by atoms with E-state index < -0.39 is 6.10 Å². The van der Waals surface area contributed by atoms with Crippen LogP contribution in [0.1, 0.15) is 13.3 Å². The zero-order valence-electron chi connectivity index (χ0n) is 11.1. The monoisotopic (exact) mass is 286 g/mol. The summed E-state index contributed by atoms with van der Waals surface area (Å²) in [5, 5.41) is 3.18. The minimum atomic E-state index is -0.534. The highest BCUT2D eigenvalue weighted by molar-refractivity contribution is 6.33. The second kappa shape index (κ2) is 7.99. The molecule has 1 unspecified atom stereocenters. The number of anilines is 2. The first kappa shape index (κ1) is 15.8. The number of ether oxygens (including phenoxy) is 2. The van der Waals surface area contributed by atoms with E-state index >= 15 is 0 Å². The molecule has 19 heavy (non-hydrogen) atoms. The number of rotatable bonds is 7. The Hall–Kier alpha value is -1.30. The van der Waals surface area contributed by atoms with Gasteiger partial charge in [-0.25, -0.2) is 0 Å². The predicted molar refractivity (Wildman–Crippen MR) is 76.4 cm³/mol. The van der Waals surface area contributed by atoms with Crippen molar-refractivity contribution in [1.29, 1.82) is 0 Å². The molecule has 0 spiro atoms. The van der Waals surface area contributed by atoms with Crippen molar-refractivity contribution in [2.75, 3.05) is 31.4 Å². The Labute approximate surface area is 118 Å². The summed E-state index contributed by atoms with van der Waals surface area (Å²) in [6, 6.07) is 4.93. The van der Waals surface area contributed by atoms with Crippen LogP contribution in [0, 0.1) is 0 Å². The van der Waals surface area contributed by atoms with E-state index in [-0.39, 0.29) is 5.91 Å². The van der Waals surface area contributed by atoms with E-state index in [1.165, 1.54) is 0 Å². The first-order chi connectivity index (χ1) is 9.04. The predicted octanol–water partition coefficient (Wildman–Crippen LogP) is 2.30. The second-order valence-electron chi connectivity index (χ2n) is 4.08. The van der Waals surface area contributed by atoms with Crippen molar-refractivity contribution in [3.63, 3.8) is 0 Å². The van der Waals surface area contributed by atoms with Crippen LogP contribution in [0.25, 0.3) is 0 Å². The van der Waals surface area contributed by atoms with Crippen LogP contribution in [0.3, 0.4) is 0 Å². The van der Waals surface area contributed by atoms with Crippen LogP contribution >= 0.6 is 11.6 Å². The van der Waals surface area contributed by atoms with Crippen LogP contribution in [0.5, 0.6) is 0 Å². The maximum absolute atomic E-state index is 11.8. The van der Waals surface area contributed by atoms with Gasteiger partial charge in [0.15, 0.2) is 0 Å². The molecular weight excluding hydrogens is 268 g/mol. The third-order valence-electron chi connectivity index (χ3n) is 2.49. The molecule has 0 fully saturated rings. The van der Waals surface area contributed by atoms with E-state index in [0.29, 0.717) is 29.6 Å². The molecule has 1 atom stereocenters. The average Bonchev–Trinajstić information content (AvgIpc) is 2.38. The molecule has 0 bridgehead atoms. The van der Waals surface area contributed by atoms with Crippen molar-refractivity contribution >= 4 is 28.9 Å². The molecule has 6 heteroatoms. The number of nitrogens with one attached hydrogen (secondary N) is 1. The van der Waals surface area contributed by atoms with Gasteiger partial charge in [0.2, 0.25) is 0 Å². The number of hydrogen-bond donors (Lipinski definition) is 2. The van der Waals surface area contributed by atoms with Crippen molar-refractivity contribution in [2.24, 2.45) is 0 Å². The quantitative estimate of drug-likeness (QED) is 0.596. The first-order valence-electron chi connectivity index (χ1n) is 6.01. The Bertz CT molecular complexity index is 426. The van der Waals surface area contributed by atoms with Gasteiger partial charge in [-0.1, -0.05) is 11.6 Å². The van der Waals surface area contributed by atoms with Gasteiger partial charge in [0.25, 0.3) is 5.91 Å². The smallest absolute Gasteiger partial charge is 0.253 e. The van der Waals surface area contributed by atoms with Crippen LogP contribution in [0.2, 0.25) is 5.02 Å². The standard InChI is InChI=1S/C13H19ClN2O3/c1-9(19-7-3-6-18-2)13(17)16-10-4-5-11(14)12(15)8-10/h4-5,8-9H,3,6-7,15H2,1-2H3,(H,16,17). The lowest BCUT2D eigenvalue weighted by Crippen LogP contribution is -2.28. The Balaban J connectivity index is 2.42. The number of hydrogen-bond acceptors (Lipinski definition) is 4. The number of nitrogens with two attached hydrogens (primary N) is 1. The molecule has 1 aromatic carbocycles. The van der Waals surface area contributed by atoms with Crippen LogP contribution < -0.4 is 11.1 Å². The molecule has 0 saturated carbocycles. The Morgan fingerprint density at radius 1 is 1.47 bits per heavy atom. The largest absolute Gasteiger partial charge is 0.397 e. The van der Waals surface area contributed by atoms with E-state index in [9.17, 15) is 4.79 Å². The first-order valence-corrected chi connectivity index (χ1v) is 6.39. The molecular formula is C13H19ClN2O3. The summed E-state index contributed by atoms with van der Waals surface area (Å²) < 4.78 is 10.3. The van der Waals surface area contributed by atoms with Crippen molar-refractivity contribution < 1.29 is 14.3 Å². The van der Waals surface area contributed by atoms with Gasteiger partial charge in [0.1, 0.15) is 6.10 Å². The zero-order valence-corrected chi connectivity index (χ0v) is 11.9. The molecule has 0 aromatic heterocycles. The van der Waals surface area contributed by atoms with Crippen LogP contribution in [0.4, 0.5) is 11.4 Å². The molecule has 1 rings (SSSR count). The van der Waals surface area contributed by atoms with Gasteiger partial charge in [-0.15, -0.1) is 0 Å². The Morgan fingerprint density at radius 3 is 2.84 bits per heavy atom. The molecule has 0 aliphatic rings. The highest BCUT2D eigenvalue weighted by atomic mass is 35.5. The van der Waals surface area contributed by atoms with Crippen molar-refractivity contribution in [3.8, 4) is 0 Å². The summed E-state index contributed by atoms with van der Waals surface area (Å²) in [5.74, 6) is -0.223. The lowest BCUT2D eigenvalue weighted by molar-refractivity contribution is -0.126. The van der Waals surface area contributed by atoms with Gasteiger partial charge in [-0.3, -0.25) is 4.79 Å². The Morgan fingerprint density at radius 2 is 2.21 bits per heavy atom. The molecule has 0 saturated heterocycles. The highest BCUT2D eigenvalue weighted by Crippen LogP contribution is 2.22. The highest BCUT2D eigenvalue weighted by Gasteiger charge is 2.13. The molecule has 1 aromatic rings. The van der Waals surface area contributed by atoms with E-state index in [2.05, 4.69) is 5.32 Å². The average molecular weight is 287 g/mol. The lowest BCUT2D eigenvalue weighted by Gasteiger charge is -2.13. The molecule has 0 aliphatic heterocycles. The van der Waals surface area contributed by atoms with E-state index in [0.717, 1.165) is 6.42 Å². The van der Waals surface area contributed by atoms with E-state index in [4.69, 9.17) is 26.8 Å². The van der Waals surface area contributed by atoms with Gasteiger partial charge < -0.3 is 20.5 Å². The number of amides is 1. The molecule has 0 aliphatic carbocycles. The summed E-state index contributed by atoms with van der Waals surface area (Å²) >= 11 is 5.80. The summed E-state index contributed by atoms with van der Waals surface area (Å²) in [6.07, 6.45) is 0.218. The molecule has 1 amide bonds. The maximum Gasteiger partial charge on any atom is 0.253 e. The molecule has 5 nitrogen and oxygen atoms in total. The SMILES string of the molecule is COCCCOC(C)C(=O)Nc1ccc(Cl)c(N)c1. The number of halogens is 1. The summed E-state index contributed by atoms with van der Waals surface area (Å²) in [4.78, 5) is 11.8. The van der Waals surface area contributed by atoms with Crippen molar-refractivity contribution in [2.45, 2.75) is 19.4 Å². The topological polar surface area (TPSA) is 73.6 Å². The number of carbonyl (C=O) groups is 1. The van der Waals surface area contributed by atoms with E-state index in [1.807, 2.05) is 0 Å². The molecule has 3 N–H and O–H groups in total. The maximum atomic E-state index is 11.8. The molecule has 106 valence electrons. The number of methoxy groups -OCH3 is 1. The fourth-order valence-electron chi connectivity index (χ4n) is 1.40. The number of nitrogen functional groups attached to an aromatic ring is 1. The second-order valence-corrected chi connectivity index (χ2v) is 4.49. The number of benzene rings is 1. The number of carbonyl (C=O) groups excluding carboxylic acids is 1. The minimum absolute atomic E-state index is 0.223. The fourth-order valence-corrected chi connectivity index (χ4v) is 1.52. The van der Waals surface area contributed by atoms with Crippen molar-refractivity contribution in [1.82, 2.24) is 0 Å². The van der Waals surface area contributed by atoms with Crippen LogP contribution in [0.15, 0.2) is 18.2 Å². The van der Waals surface area contributed by atoms with Gasteiger partial charge >= 0.3 is 0 Å². The van der Waals surface area contributed by atoms with Gasteiger partial charge in [0.05, 0.1) is 10.7 Å². The summed E-state index contributed by atoms with van der Waals surface area (Å²) in [5.41, 5.74) is 6.68. The lowest BCUT2D eigenvalue weighted by atomic mass is 10.2. The summed E-state index contributed by atoms with van der Waals surface area (Å²) in [7, 11) is 1.63. The van der Waals surface area contributed by atoms with E-state index in [1.54, 1.807) is 32.2 Å². The van der Waals surface area contributed by atoms with Gasteiger partial charge in [-0.2, -0.15) is 0 Å². The third kappa shape index (κ3) is 5.46. The van der Waals surface area contributed by atoms with Gasteiger partial charge in [-0.05, 0) is 31.5 Å². The minimum Gasteiger partial charge on any atom is -0.397 e. The zero-order chi connectivity index (χ0) is 14.3. The fraction of sp³-hybridized carbons (Fsp3) is 0.462. The van der Waals surface area contributed by atoms with Crippen LogP contribution in [-0.4, -0.2) is 32.3 Å². The molecule has 0 heterocycles. The Kier molecular flexibility index (Phi) is 6.62. The van der Waals surface area contributed by atoms with Gasteiger partial charge in [0, 0.05) is 26.0 Å². The third-order valence-corrected chi connectivity index (χ3v) is 2.84. The normalized spacial score (nSPS) is 12.2. The summed E-state index contributed by atoms with van der Waals surface area (Å²) in [6.45, 7) is 2.79.